The number of rotatable bonds is 1. The third kappa shape index (κ3) is 2.58. The first-order valence-corrected chi connectivity index (χ1v) is 7.16. The summed E-state index contributed by atoms with van der Waals surface area (Å²) in [6.45, 7) is 1.45. The van der Waals surface area contributed by atoms with E-state index < -0.39 is 41.6 Å². The summed E-state index contributed by atoms with van der Waals surface area (Å²) < 4.78 is 81.6. The third-order valence-corrected chi connectivity index (χ3v) is 4.24. The van der Waals surface area contributed by atoms with Crippen molar-refractivity contribution in [2.75, 3.05) is 0 Å². The lowest BCUT2D eigenvalue weighted by Crippen LogP contribution is -2.33. The lowest BCUT2D eigenvalue weighted by atomic mass is 9.89. The number of nitrogens with zero attached hydrogens (tertiary/aromatic N) is 1. The van der Waals surface area contributed by atoms with Crippen molar-refractivity contribution in [3.63, 3.8) is 0 Å². The van der Waals surface area contributed by atoms with E-state index in [-0.39, 0.29) is 23.4 Å². The molecular formula is C16H13F6NO. The van der Waals surface area contributed by atoms with Crippen molar-refractivity contribution in [1.82, 2.24) is 4.57 Å². The van der Waals surface area contributed by atoms with Crippen LogP contribution in [-0.4, -0.2) is 15.6 Å². The summed E-state index contributed by atoms with van der Waals surface area (Å²) >= 11 is 0. The molecule has 0 fully saturated rings. The fourth-order valence-electron chi connectivity index (χ4n) is 2.99. The molecule has 0 saturated carbocycles. The highest BCUT2D eigenvalue weighted by molar-refractivity contribution is 5.47. The second-order valence-corrected chi connectivity index (χ2v) is 5.87. The number of halogens is 6. The summed E-state index contributed by atoms with van der Waals surface area (Å²) in [5.74, 6) is -4.15. The van der Waals surface area contributed by atoms with E-state index in [1.54, 1.807) is 0 Å². The smallest absolute Gasteiger partial charge is 0.382 e. The van der Waals surface area contributed by atoms with Crippen LogP contribution in [0.5, 0.6) is 0 Å². The van der Waals surface area contributed by atoms with Crippen molar-refractivity contribution >= 4 is 0 Å². The fourth-order valence-corrected chi connectivity index (χ4v) is 2.99. The Kier molecular flexibility index (Phi) is 3.71. The molecule has 0 bridgehead atoms. The van der Waals surface area contributed by atoms with Gasteiger partial charge in [-0.2, -0.15) is 13.2 Å². The average molecular weight is 349 g/mol. The van der Waals surface area contributed by atoms with Crippen LogP contribution in [0.15, 0.2) is 24.4 Å². The van der Waals surface area contributed by atoms with E-state index in [0.717, 1.165) is 10.6 Å². The van der Waals surface area contributed by atoms with Crippen molar-refractivity contribution in [2.45, 2.75) is 38.0 Å². The van der Waals surface area contributed by atoms with Crippen molar-refractivity contribution in [1.29, 1.82) is 0 Å². The normalized spacial score (nSPS) is 20.1. The van der Waals surface area contributed by atoms with Gasteiger partial charge in [0, 0.05) is 29.6 Å². The van der Waals surface area contributed by atoms with Crippen molar-refractivity contribution < 1.29 is 31.4 Å². The van der Waals surface area contributed by atoms with Gasteiger partial charge in [-0.25, -0.2) is 13.2 Å². The van der Waals surface area contributed by atoms with Crippen LogP contribution in [-0.2, 0) is 12.6 Å². The zero-order chi connectivity index (χ0) is 17.9. The Hall–Kier alpha value is -1.96. The molecular weight excluding hydrogens is 336 g/mol. The molecule has 2 nitrogen and oxygen atoms in total. The molecule has 1 heterocycles. The molecule has 0 radical (unpaired) electrons. The van der Waals surface area contributed by atoms with E-state index in [9.17, 15) is 31.4 Å². The summed E-state index contributed by atoms with van der Waals surface area (Å²) in [4.78, 5) is 0. The van der Waals surface area contributed by atoms with E-state index in [0.29, 0.717) is 6.20 Å². The molecule has 1 N–H and O–H groups in total. The van der Waals surface area contributed by atoms with Gasteiger partial charge in [0.15, 0.2) is 0 Å². The van der Waals surface area contributed by atoms with E-state index in [4.69, 9.17) is 0 Å². The van der Waals surface area contributed by atoms with Gasteiger partial charge in [-0.15, -0.1) is 0 Å². The molecule has 1 aromatic heterocycles. The third-order valence-electron chi connectivity index (χ3n) is 4.24. The zero-order valence-electron chi connectivity index (χ0n) is 12.5. The molecule has 8 heteroatoms. The van der Waals surface area contributed by atoms with Crippen LogP contribution in [0.3, 0.4) is 0 Å². The maximum atomic E-state index is 13.7. The Morgan fingerprint density at radius 1 is 1.25 bits per heavy atom. The highest BCUT2D eigenvalue weighted by atomic mass is 19.4. The number of hydrogen-bond donors (Lipinski definition) is 1. The largest absolute Gasteiger partial charge is 0.418 e. The van der Waals surface area contributed by atoms with Crippen LogP contribution < -0.4 is 0 Å². The quantitative estimate of drug-likeness (QED) is 0.751. The number of aryl methyl sites for hydroxylation is 1. The van der Waals surface area contributed by atoms with Crippen molar-refractivity contribution in [3.8, 4) is 5.69 Å². The molecule has 0 amide bonds. The Bertz CT molecular complexity index is 793. The van der Waals surface area contributed by atoms with Crippen molar-refractivity contribution in [2.24, 2.45) is 0 Å². The number of aromatic nitrogens is 1. The summed E-state index contributed by atoms with van der Waals surface area (Å²) in [7, 11) is 0. The molecule has 0 unspecified atom stereocenters. The minimum atomic E-state index is -4.89. The van der Waals surface area contributed by atoms with Crippen LogP contribution in [0.2, 0.25) is 0 Å². The van der Waals surface area contributed by atoms with Crippen LogP contribution in [0.25, 0.3) is 5.69 Å². The Labute approximate surface area is 133 Å². The maximum absolute atomic E-state index is 13.7. The van der Waals surface area contributed by atoms with E-state index >= 15 is 0 Å². The van der Waals surface area contributed by atoms with E-state index in [1.807, 2.05) is 0 Å². The first-order valence-electron chi connectivity index (χ1n) is 7.16. The maximum Gasteiger partial charge on any atom is 0.418 e. The molecule has 3 rings (SSSR count). The van der Waals surface area contributed by atoms with Crippen LogP contribution in [0.4, 0.5) is 26.3 Å². The van der Waals surface area contributed by atoms with Crippen molar-refractivity contribution in [3.05, 3.63) is 52.6 Å². The van der Waals surface area contributed by atoms with E-state index in [2.05, 4.69) is 0 Å². The number of aliphatic hydroxyl groups excluding tert-OH is 1. The van der Waals surface area contributed by atoms with Crippen LogP contribution in [0, 0.1) is 12.7 Å². The predicted molar refractivity (Wildman–Crippen MR) is 73.7 cm³/mol. The Morgan fingerprint density at radius 3 is 2.50 bits per heavy atom. The van der Waals surface area contributed by atoms with Crippen LogP contribution in [0.1, 0.15) is 34.9 Å². The highest BCUT2D eigenvalue weighted by Crippen LogP contribution is 2.48. The summed E-state index contributed by atoms with van der Waals surface area (Å²) in [6, 6.07) is 3.69. The molecule has 24 heavy (non-hydrogen) atoms. The average Bonchev–Trinajstić information content (AvgIpc) is 2.86. The topological polar surface area (TPSA) is 25.2 Å². The fraction of sp³-hybridized carbons (Fsp3) is 0.375. The minimum Gasteiger partial charge on any atom is -0.382 e. The Balaban J connectivity index is 2.25. The SMILES string of the molecule is Cc1cc(-n2cc(C(F)(F)F)c3c2CCC(F)(F)[C@H]3O)ccc1F. The molecule has 2 aromatic rings. The van der Waals surface area contributed by atoms with Gasteiger partial charge < -0.3 is 9.67 Å². The van der Waals surface area contributed by atoms with Crippen LogP contribution >= 0.6 is 0 Å². The number of benzene rings is 1. The van der Waals surface area contributed by atoms with Gasteiger partial charge >= 0.3 is 6.18 Å². The molecule has 130 valence electrons. The van der Waals surface area contributed by atoms with Gasteiger partial charge in [0.05, 0.1) is 5.56 Å². The molecule has 0 saturated heterocycles. The molecule has 1 aliphatic carbocycles. The standard InChI is InChI=1S/C16H13F6NO/c1-8-6-9(2-3-11(8)17)23-7-10(16(20,21)22)13-12(23)4-5-15(18,19)14(13)24/h2-3,6-7,14,24H,4-5H2,1H3/t14-/m0/s1. The summed E-state index contributed by atoms with van der Waals surface area (Å²) in [6.07, 6.45) is -7.82. The van der Waals surface area contributed by atoms with Gasteiger partial charge in [-0.05, 0) is 37.1 Å². The van der Waals surface area contributed by atoms with Gasteiger partial charge in [-0.1, -0.05) is 0 Å². The minimum absolute atomic E-state index is 0.0354. The lowest BCUT2D eigenvalue weighted by molar-refractivity contribution is -0.147. The zero-order valence-corrected chi connectivity index (χ0v) is 12.5. The first kappa shape index (κ1) is 16.9. The first-order chi connectivity index (χ1) is 11.0. The molecule has 0 spiro atoms. The highest BCUT2D eigenvalue weighted by Gasteiger charge is 2.50. The number of fused-ring (bicyclic) bond motifs is 1. The predicted octanol–water partition coefficient (Wildman–Crippen LogP) is 4.56. The molecule has 1 aliphatic rings. The van der Waals surface area contributed by atoms with Gasteiger partial charge in [-0.3, -0.25) is 0 Å². The second kappa shape index (κ2) is 5.27. The second-order valence-electron chi connectivity index (χ2n) is 5.87. The molecule has 1 aromatic carbocycles. The molecule has 0 aliphatic heterocycles. The van der Waals surface area contributed by atoms with E-state index in [1.165, 1.54) is 19.1 Å². The number of hydrogen-bond acceptors (Lipinski definition) is 1. The molecule has 1 atom stereocenters. The monoisotopic (exact) mass is 349 g/mol. The number of aliphatic hydroxyl groups is 1. The summed E-state index contributed by atoms with van der Waals surface area (Å²) in [5, 5.41) is 9.77. The van der Waals surface area contributed by atoms with Gasteiger partial charge in [0.25, 0.3) is 5.92 Å². The lowest BCUT2D eigenvalue weighted by Gasteiger charge is -2.29. The van der Waals surface area contributed by atoms with Gasteiger partial charge in [0.2, 0.25) is 0 Å². The summed E-state index contributed by atoms with van der Waals surface area (Å²) in [5.41, 5.74) is -1.71. The van der Waals surface area contributed by atoms with Gasteiger partial charge in [0.1, 0.15) is 11.9 Å². The Morgan fingerprint density at radius 2 is 1.92 bits per heavy atom. The number of alkyl halides is 5.